The topological polar surface area (TPSA) is 282 Å². The maximum Gasteiger partial charge on any atom is 0.296 e. The molecule has 38 heavy (non-hydrogen) atoms. The Hall–Kier alpha value is -3.35. The van der Waals surface area contributed by atoms with Crippen LogP contribution in [0.4, 0.5) is 34.9 Å². The van der Waals surface area contributed by atoms with Gasteiger partial charge in [-0.3, -0.25) is 13.8 Å². The van der Waals surface area contributed by atoms with Crippen molar-refractivity contribution in [2.45, 2.75) is 14.7 Å². The summed E-state index contributed by atoms with van der Waals surface area (Å²) in [5.41, 5.74) is 5.19. The maximum absolute atomic E-state index is 11.8. The van der Waals surface area contributed by atoms with Crippen LogP contribution in [0.5, 0.6) is 0 Å². The highest BCUT2D eigenvalue weighted by atomic mass is 32.2. The Morgan fingerprint density at radius 1 is 0.868 bits per heavy atom. The Morgan fingerprint density at radius 2 is 1.50 bits per heavy atom. The highest BCUT2D eigenvalue weighted by Gasteiger charge is 2.20. The third-order valence-corrected chi connectivity index (χ3v) is 7.14. The zero-order chi connectivity index (χ0) is 28.3. The van der Waals surface area contributed by atoms with Gasteiger partial charge in [0.25, 0.3) is 20.2 Å². The van der Waals surface area contributed by atoms with Gasteiger partial charge >= 0.3 is 0 Å². The molecule has 0 bridgehead atoms. The Morgan fingerprint density at radius 3 is 2.05 bits per heavy atom. The van der Waals surface area contributed by atoms with Gasteiger partial charge in [0.05, 0.1) is 45.2 Å². The molecule has 1 heterocycles. The molecule has 0 saturated carbocycles. The lowest BCUT2D eigenvalue weighted by Gasteiger charge is -2.14. The average Bonchev–Trinajstić information content (AvgIpc) is 2.75. The Bertz CT molecular complexity index is 1680. The van der Waals surface area contributed by atoms with Crippen LogP contribution in [0, 0.1) is 0 Å². The number of nitrogen functional groups attached to an aromatic ring is 1. The third-order valence-electron chi connectivity index (χ3n) is 4.11. The zero-order valence-corrected chi connectivity index (χ0v) is 21.9. The molecule has 8 N–H and O–H groups in total. The molecule has 0 unspecified atom stereocenters. The van der Waals surface area contributed by atoms with Crippen LogP contribution < -0.4 is 21.1 Å². The van der Waals surface area contributed by atoms with Crippen molar-refractivity contribution in [2.24, 2.45) is 0 Å². The van der Waals surface area contributed by atoms with Crippen LogP contribution in [0.25, 0.3) is 0 Å². The number of hydrogen-bond acceptors (Lipinski definition) is 16. The van der Waals surface area contributed by atoms with E-state index in [1.807, 2.05) is 0 Å². The van der Waals surface area contributed by atoms with Crippen LogP contribution in [0.2, 0.25) is 0 Å². The van der Waals surface area contributed by atoms with E-state index >= 15 is 0 Å². The number of aromatic nitrogens is 3. The van der Waals surface area contributed by atoms with Crippen molar-refractivity contribution < 1.29 is 49.0 Å². The Balaban J connectivity index is 2.04. The van der Waals surface area contributed by atoms with Gasteiger partial charge in [-0.1, -0.05) is 5.04 Å². The first kappa shape index (κ1) is 29.2. The van der Waals surface area contributed by atoms with E-state index in [1.165, 1.54) is 6.07 Å². The molecule has 206 valence electrons. The molecule has 3 rings (SSSR count). The van der Waals surface area contributed by atoms with Crippen LogP contribution in [-0.4, -0.2) is 60.8 Å². The summed E-state index contributed by atoms with van der Waals surface area (Å²) in [5.74, 6) is -1.14. The summed E-state index contributed by atoms with van der Waals surface area (Å²) in [5, 5.41) is 17.0. The standard InChI is InChI=1S/C16H17N7O11S4/c1-36(25,26)23-8-2-5-13(38(30,31)32)11(6-8)19-16-21-14(17)20-15(22-16)18-10-7-9(37(27,28)29)3-4-12(10)35-34-33-24/h2-7,23-24H,1H3,(H,27,28,29)(H,30,31,32)(H4,17,18,19,20,21,22). The number of sulfonamides is 1. The molecule has 0 amide bonds. The van der Waals surface area contributed by atoms with Gasteiger partial charge in [-0.15, -0.1) is 4.33 Å². The molecule has 0 spiro atoms. The molecule has 3 aromatic rings. The largest absolute Gasteiger partial charge is 0.368 e. The summed E-state index contributed by atoms with van der Waals surface area (Å²) >= 11 is 0.428. The van der Waals surface area contributed by atoms with Gasteiger partial charge in [0.1, 0.15) is 4.90 Å². The predicted molar refractivity (Wildman–Crippen MR) is 132 cm³/mol. The van der Waals surface area contributed by atoms with Crippen molar-refractivity contribution in [3.63, 3.8) is 0 Å². The van der Waals surface area contributed by atoms with Gasteiger partial charge in [0.2, 0.25) is 27.9 Å². The summed E-state index contributed by atoms with van der Waals surface area (Å²) in [6.45, 7) is 0. The van der Waals surface area contributed by atoms with E-state index in [1.54, 1.807) is 0 Å². The fourth-order valence-corrected chi connectivity index (χ4v) is 4.88. The minimum atomic E-state index is -4.80. The molecular formula is C16H17N7O11S4. The highest BCUT2D eigenvalue weighted by Crippen LogP contribution is 2.33. The van der Waals surface area contributed by atoms with Crippen LogP contribution in [0.3, 0.4) is 0 Å². The fraction of sp³-hybridized carbons (Fsp3) is 0.0625. The zero-order valence-electron chi connectivity index (χ0n) is 18.6. The number of nitrogens with one attached hydrogen (secondary N) is 3. The summed E-state index contributed by atoms with van der Waals surface area (Å²) in [6, 6.07) is 6.20. The number of anilines is 6. The summed E-state index contributed by atoms with van der Waals surface area (Å²) in [4.78, 5) is 10.5. The first-order valence-electron chi connectivity index (χ1n) is 9.46. The summed E-state index contributed by atoms with van der Waals surface area (Å²) in [7, 11) is -13.2. The molecule has 0 aliphatic carbocycles. The second-order valence-corrected chi connectivity index (χ2v) is 12.3. The van der Waals surface area contributed by atoms with E-state index in [0.717, 1.165) is 36.6 Å². The molecule has 2 aromatic carbocycles. The number of nitrogens with two attached hydrogens (primary N) is 1. The maximum atomic E-state index is 11.8. The van der Waals surface area contributed by atoms with E-state index in [0.29, 0.717) is 12.0 Å². The molecule has 18 nitrogen and oxygen atoms in total. The van der Waals surface area contributed by atoms with E-state index in [2.05, 4.69) is 39.7 Å². The van der Waals surface area contributed by atoms with E-state index in [-0.39, 0.29) is 27.9 Å². The molecule has 0 saturated heterocycles. The predicted octanol–water partition coefficient (Wildman–Crippen LogP) is 1.23. The monoisotopic (exact) mass is 611 g/mol. The molecule has 0 aliphatic heterocycles. The highest BCUT2D eigenvalue weighted by molar-refractivity contribution is 7.94. The van der Waals surface area contributed by atoms with Crippen LogP contribution in [-0.2, 0) is 39.6 Å². The normalized spacial score (nSPS) is 12.2. The van der Waals surface area contributed by atoms with E-state index < -0.39 is 51.9 Å². The van der Waals surface area contributed by atoms with Crippen molar-refractivity contribution in [1.29, 1.82) is 0 Å². The number of hydrogen-bond donors (Lipinski definition) is 7. The number of benzene rings is 2. The summed E-state index contributed by atoms with van der Waals surface area (Å²) < 4.78 is 95.2. The lowest BCUT2D eigenvalue weighted by atomic mass is 10.3. The van der Waals surface area contributed by atoms with Crippen molar-refractivity contribution in [3.05, 3.63) is 36.4 Å². The fourth-order valence-electron chi connectivity index (χ4n) is 2.77. The second-order valence-electron chi connectivity index (χ2n) is 7.01. The molecule has 22 heteroatoms. The molecule has 0 aliphatic rings. The number of rotatable bonds is 11. The van der Waals surface area contributed by atoms with Crippen molar-refractivity contribution in [3.8, 4) is 0 Å². The van der Waals surface area contributed by atoms with Gasteiger partial charge in [0, 0.05) is 0 Å². The summed E-state index contributed by atoms with van der Waals surface area (Å²) in [6.07, 6.45) is 0.864. The minimum Gasteiger partial charge on any atom is -0.368 e. The van der Waals surface area contributed by atoms with Gasteiger partial charge in [0.15, 0.2) is 0 Å². The van der Waals surface area contributed by atoms with Crippen molar-refractivity contribution in [2.75, 3.05) is 27.3 Å². The molecule has 0 fully saturated rings. The molecule has 0 atom stereocenters. The third kappa shape index (κ3) is 8.07. The Kier molecular flexibility index (Phi) is 8.59. The van der Waals surface area contributed by atoms with Gasteiger partial charge < -0.3 is 16.4 Å². The smallest absolute Gasteiger partial charge is 0.296 e. The van der Waals surface area contributed by atoms with Crippen LogP contribution in [0.15, 0.2) is 51.1 Å². The van der Waals surface area contributed by atoms with Crippen LogP contribution in [0.1, 0.15) is 0 Å². The Labute approximate surface area is 219 Å². The van der Waals surface area contributed by atoms with E-state index in [4.69, 9.17) is 11.0 Å². The van der Waals surface area contributed by atoms with E-state index in [9.17, 15) is 34.4 Å². The molecule has 0 radical (unpaired) electrons. The SMILES string of the molecule is CS(=O)(=O)Nc1ccc(S(=O)(=O)O)c(Nc2nc(N)nc(Nc3cc(S(=O)(=O)O)ccc3SOOO)n2)c1. The van der Waals surface area contributed by atoms with Crippen LogP contribution >= 0.6 is 12.0 Å². The lowest BCUT2D eigenvalue weighted by Crippen LogP contribution is -2.12. The van der Waals surface area contributed by atoms with Crippen molar-refractivity contribution >= 4 is 77.2 Å². The van der Waals surface area contributed by atoms with Gasteiger partial charge in [-0.05, 0) is 36.4 Å². The molecule has 1 aromatic heterocycles. The lowest BCUT2D eigenvalue weighted by molar-refractivity contribution is -0.432. The average molecular weight is 612 g/mol. The van der Waals surface area contributed by atoms with Gasteiger partial charge in [-0.25, -0.2) is 13.7 Å². The second kappa shape index (κ2) is 11.2. The number of nitrogens with zero attached hydrogens (tertiary/aromatic N) is 3. The quantitative estimate of drug-likeness (QED) is 0.0694. The first-order chi connectivity index (χ1) is 17.5. The first-order valence-corrected chi connectivity index (χ1v) is 15.0. The molecular weight excluding hydrogens is 594 g/mol. The minimum absolute atomic E-state index is 0.0717. The van der Waals surface area contributed by atoms with Gasteiger partial charge in [-0.2, -0.15) is 31.8 Å². The van der Waals surface area contributed by atoms with Crippen molar-refractivity contribution in [1.82, 2.24) is 15.0 Å².